The number of nitrogens with zero attached hydrogens (tertiary/aromatic N) is 2. The van der Waals surface area contributed by atoms with Crippen LogP contribution in [-0.4, -0.2) is 25.1 Å². The van der Waals surface area contributed by atoms with E-state index in [1.165, 1.54) is 0 Å². The molecule has 1 rings (SSSR count). The van der Waals surface area contributed by atoms with Crippen molar-refractivity contribution in [2.45, 2.75) is 19.9 Å². The maximum absolute atomic E-state index is 6.09. The van der Waals surface area contributed by atoms with E-state index in [1.54, 1.807) is 0 Å². The lowest BCUT2D eigenvalue weighted by atomic mass is 10.3. The largest absolute Gasteiger partial charge is 0.353 e. The summed E-state index contributed by atoms with van der Waals surface area (Å²) in [4.78, 5) is 6.78. The molecule has 0 bridgehead atoms. The first-order valence-corrected chi connectivity index (χ1v) is 6.26. The average molecular weight is 254 g/mol. The lowest BCUT2D eigenvalue weighted by molar-refractivity contribution is 0.768. The molecule has 1 heterocycles. The van der Waals surface area contributed by atoms with Gasteiger partial charge in [0.05, 0.1) is 10.7 Å². The highest BCUT2D eigenvalue weighted by Gasteiger charge is 2.08. The van der Waals surface area contributed by atoms with Gasteiger partial charge >= 0.3 is 0 Å². The summed E-state index contributed by atoms with van der Waals surface area (Å²) in [5.41, 5.74) is 0.886. The molecule has 0 aliphatic heterocycles. The fourth-order valence-corrected chi connectivity index (χ4v) is 1.84. The van der Waals surface area contributed by atoms with Gasteiger partial charge in [0, 0.05) is 19.6 Å². The molecule has 0 fully saturated rings. The zero-order valence-corrected chi connectivity index (χ0v) is 11.3. The van der Waals surface area contributed by atoms with Crippen LogP contribution in [0, 0.1) is 0 Å². The van der Waals surface area contributed by atoms with Crippen molar-refractivity contribution in [1.29, 1.82) is 0 Å². The van der Waals surface area contributed by atoms with Crippen LogP contribution in [-0.2, 0) is 6.54 Å². The van der Waals surface area contributed by atoms with E-state index in [-0.39, 0.29) is 0 Å². The Bertz CT molecular complexity index is 366. The van der Waals surface area contributed by atoms with Crippen LogP contribution in [0.25, 0.3) is 0 Å². The molecule has 0 aliphatic carbocycles. The molecule has 4 heteroatoms. The second kappa shape index (κ2) is 7.30. The summed E-state index contributed by atoms with van der Waals surface area (Å²) in [7, 11) is 1.89. The predicted octanol–water partition coefficient (Wildman–Crippen LogP) is 2.86. The molecule has 0 radical (unpaired) electrons. The van der Waals surface area contributed by atoms with Gasteiger partial charge < -0.3 is 10.2 Å². The molecule has 1 N–H and O–H groups in total. The number of rotatable bonds is 7. The van der Waals surface area contributed by atoms with Crippen LogP contribution in [0.5, 0.6) is 0 Å². The van der Waals surface area contributed by atoms with Crippen molar-refractivity contribution < 1.29 is 0 Å². The zero-order valence-electron chi connectivity index (χ0n) is 10.5. The Morgan fingerprint density at radius 2 is 2.29 bits per heavy atom. The molecular formula is C13H20ClN3. The number of pyridine rings is 1. The van der Waals surface area contributed by atoms with Crippen molar-refractivity contribution in [2.75, 3.05) is 25.0 Å². The highest BCUT2D eigenvalue weighted by molar-refractivity contribution is 6.31. The van der Waals surface area contributed by atoms with E-state index in [0.717, 1.165) is 31.0 Å². The number of nitrogens with one attached hydrogen (secondary N) is 1. The van der Waals surface area contributed by atoms with E-state index in [9.17, 15) is 0 Å². The van der Waals surface area contributed by atoms with Crippen LogP contribution in [0.1, 0.15) is 19.0 Å². The smallest absolute Gasteiger partial charge is 0.129 e. The van der Waals surface area contributed by atoms with E-state index in [2.05, 4.69) is 28.7 Å². The Morgan fingerprint density at radius 3 is 2.88 bits per heavy atom. The number of hydrogen-bond acceptors (Lipinski definition) is 3. The number of aromatic nitrogens is 1. The third kappa shape index (κ3) is 4.02. The van der Waals surface area contributed by atoms with Crippen molar-refractivity contribution in [1.82, 2.24) is 10.3 Å². The lowest BCUT2D eigenvalue weighted by Gasteiger charge is -2.22. The molecule has 94 valence electrons. The first-order valence-electron chi connectivity index (χ1n) is 5.88. The highest BCUT2D eigenvalue weighted by atomic mass is 35.5. The molecule has 0 saturated carbocycles. The van der Waals surface area contributed by atoms with E-state index < -0.39 is 0 Å². The molecular weight excluding hydrogens is 234 g/mol. The van der Waals surface area contributed by atoms with Crippen molar-refractivity contribution in [3.8, 4) is 0 Å². The van der Waals surface area contributed by atoms with Crippen molar-refractivity contribution in [3.05, 3.63) is 35.5 Å². The zero-order chi connectivity index (χ0) is 12.7. The van der Waals surface area contributed by atoms with Gasteiger partial charge in [-0.15, -0.1) is 6.58 Å². The van der Waals surface area contributed by atoms with Crippen LogP contribution in [0.3, 0.4) is 0 Å². The molecule has 0 aliphatic rings. The first-order chi connectivity index (χ1) is 8.22. The van der Waals surface area contributed by atoms with Gasteiger partial charge in [-0.2, -0.15) is 0 Å². The summed E-state index contributed by atoms with van der Waals surface area (Å²) in [6.45, 7) is 8.39. The van der Waals surface area contributed by atoms with Gasteiger partial charge in [-0.05, 0) is 25.6 Å². The minimum atomic E-state index is 0.681. The van der Waals surface area contributed by atoms with Crippen LogP contribution in [0.4, 0.5) is 5.82 Å². The molecule has 17 heavy (non-hydrogen) atoms. The summed E-state index contributed by atoms with van der Waals surface area (Å²) in [6.07, 6.45) is 2.98. The SMILES string of the molecule is C=CCN(CCC)c1ccc(Cl)c(CNC)n1. The van der Waals surface area contributed by atoms with Gasteiger partial charge in [0.1, 0.15) is 5.82 Å². The summed E-state index contributed by atoms with van der Waals surface area (Å²) >= 11 is 6.09. The Labute approximate surface area is 108 Å². The Kier molecular flexibility index (Phi) is 6.01. The predicted molar refractivity (Wildman–Crippen MR) is 74.7 cm³/mol. The molecule has 1 aromatic heterocycles. The molecule has 3 nitrogen and oxygen atoms in total. The molecule has 0 atom stereocenters. The fourth-order valence-electron chi connectivity index (χ4n) is 1.67. The van der Waals surface area contributed by atoms with E-state index in [0.29, 0.717) is 11.6 Å². The average Bonchev–Trinajstić information content (AvgIpc) is 2.32. The van der Waals surface area contributed by atoms with Crippen molar-refractivity contribution >= 4 is 17.4 Å². The van der Waals surface area contributed by atoms with Gasteiger partial charge in [-0.1, -0.05) is 24.6 Å². The standard InChI is InChI=1S/C13H20ClN3/c1-4-8-17(9-5-2)13-7-6-11(14)12(16-13)10-15-3/h4,6-7,15H,1,5,8-10H2,2-3H3. The third-order valence-corrected chi connectivity index (χ3v) is 2.76. The second-order valence-electron chi connectivity index (χ2n) is 3.86. The molecule has 0 aromatic carbocycles. The summed E-state index contributed by atoms with van der Waals surface area (Å²) in [6, 6.07) is 3.86. The van der Waals surface area contributed by atoms with Crippen molar-refractivity contribution in [2.24, 2.45) is 0 Å². The molecule has 0 amide bonds. The molecule has 0 spiro atoms. The van der Waals surface area contributed by atoms with Gasteiger partial charge in [0.15, 0.2) is 0 Å². The quantitative estimate of drug-likeness (QED) is 0.758. The summed E-state index contributed by atoms with van der Waals surface area (Å²) in [5, 5.41) is 3.78. The first kappa shape index (κ1) is 14.0. The maximum atomic E-state index is 6.09. The van der Waals surface area contributed by atoms with E-state index in [4.69, 9.17) is 11.6 Å². The third-order valence-electron chi connectivity index (χ3n) is 2.42. The van der Waals surface area contributed by atoms with Crippen molar-refractivity contribution in [3.63, 3.8) is 0 Å². The second-order valence-corrected chi connectivity index (χ2v) is 4.27. The number of halogens is 1. The maximum Gasteiger partial charge on any atom is 0.129 e. The van der Waals surface area contributed by atoms with Gasteiger partial charge in [0.25, 0.3) is 0 Å². The number of hydrogen-bond donors (Lipinski definition) is 1. The van der Waals surface area contributed by atoms with Crippen LogP contribution in [0.2, 0.25) is 5.02 Å². The van der Waals surface area contributed by atoms with Gasteiger partial charge in [-0.3, -0.25) is 0 Å². The van der Waals surface area contributed by atoms with Crippen LogP contribution >= 0.6 is 11.6 Å². The number of anilines is 1. The normalized spacial score (nSPS) is 10.3. The topological polar surface area (TPSA) is 28.2 Å². The Morgan fingerprint density at radius 1 is 1.53 bits per heavy atom. The molecule has 0 saturated heterocycles. The summed E-state index contributed by atoms with van der Waals surface area (Å²) < 4.78 is 0. The summed E-state index contributed by atoms with van der Waals surface area (Å²) in [5.74, 6) is 0.960. The highest BCUT2D eigenvalue weighted by Crippen LogP contribution is 2.19. The van der Waals surface area contributed by atoms with E-state index in [1.807, 2.05) is 25.3 Å². The minimum absolute atomic E-state index is 0.681. The van der Waals surface area contributed by atoms with Crippen LogP contribution < -0.4 is 10.2 Å². The van der Waals surface area contributed by atoms with E-state index >= 15 is 0 Å². The van der Waals surface area contributed by atoms with Gasteiger partial charge in [-0.25, -0.2) is 4.98 Å². The monoisotopic (exact) mass is 253 g/mol. The van der Waals surface area contributed by atoms with Gasteiger partial charge in [0.2, 0.25) is 0 Å². The fraction of sp³-hybridized carbons (Fsp3) is 0.462. The Hall–Kier alpha value is -1.06. The molecule has 1 aromatic rings. The lowest BCUT2D eigenvalue weighted by Crippen LogP contribution is -2.25. The molecule has 0 unspecified atom stereocenters. The Balaban J connectivity index is 2.94. The van der Waals surface area contributed by atoms with Crippen LogP contribution in [0.15, 0.2) is 24.8 Å². The minimum Gasteiger partial charge on any atom is -0.353 e.